The first-order valence-corrected chi connectivity index (χ1v) is 4.30. The molecular formula is C10H14N2O2. The van der Waals surface area contributed by atoms with E-state index in [1.54, 1.807) is 25.1 Å². The average molecular weight is 194 g/mol. The minimum atomic E-state index is -0.412. The van der Waals surface area contributed by atoms with E-state index < -0.39 is 5.97 Å². The van der Waals surface area contributed by atoms with E-state index in [2.05, 4.69) is 4.74 Å². The molecule has 4 heteroatoms. The van der Waals surface area contributed by atoms with E-state index in [-0.39, 0.29) is 6.04 Å². The van der Waals surface area contributed by atoms with Gasteiger partial charge in [0.1, 0.15) is 0 Å². The van der Waals surface area contributed by atoms with Gasteiger partial charge in [-0.25, -0.2) is 4.79 Å². The summed E-state index contributed by atoms with van der Waals surface area (Å²) in [6, 6.07) is 4.78. The van der Waals surface area contributed by atoms with Crippen LogP contribution in [0.15, 0.2) is 18.2 Å². The topological polar surface area (TPSA) is 78.3 Å². The molecule has 0 aromatic heterocycles. The van der Waals surface area contributed by atoms with Gasteiger partial charge in [0.05, 0.1) is 12.7 Å². The Kier molecular flexibility index (Phi) is 3.09. The van der Waals surface area contributed by atoms with Gasteiger partial charge >= 0.3 is 5.97 Å². The molecule has 0 amide bonds. The van der Waals surface area contributed by atoms with E-state index in [1.165, 1.54) is 7.11 Å². The standard InChI is InChI=1S/C10H14N2O2/c1-6(11)9-7(10(13)14-2)4-3-5-8(9)12/h3-6H,11-12H2,1-2H3/t6-/m0/s1. The van der Waals surface area contributed by atoms with Crippen LogP contribution in [0, 0.1) is 0 Å². The third-order valence-electron chi connectivity index (χ3n) is 2.00. The van der Waals surface area contributed by atoms with Crippen LogP contribution in [-0.4, -0.2) is 13.1 Å². The van der Waals surface area contributed by atoms with Crippen molar-refractivity contribution in [3.05, 3.63) is 29.3 Å². The van der Waals surface area contributed by atoms with Crippen molar-refractivity contribution in [3.8, 4) is 0 Å². The summed E-state index contributed by atoms with van der Waals surface area (Å²) in [5, 5.41) is 0. The number of rotatable bonds is 2. The number of anilines is 1. The number of hydrogen-bond donors (Lipinski definition) is 2. The highest BCUT2D eigenvalue weighted by Gasteiger charge is 2.16. The fourth-order valence-corrected chi connectivity index (χ4v) is 1.38. The molecule has 0 aliphatic rings. The molecule has 0 bridgehead atoms. The van der Waals surface area contributed by atoms with Crippen LogP contribution in [0.5, 0.6) is 0 Å². The van der Waals surface area contributed by atoms with Gasteiger partial charge < -0.3 is 16.2 Å². The smallest absolute Gasteiger partial charge is 0.338 e. The summed E-state index contributed by atoms with van der Waals surface area (Å²) in [5.74, 6) is -0.412. The van der Waals surface area contributed by atoms with Crippen LogP contribution in [0.2, 0.25) is 0 Å². The van der Waals surface area contributed by atoms with Gasteiger partial charge in [0.25, 0.3) is 0 Å². The molecular weight excluding hydrogens is 180 g/mol. The molecule has 76 valence electrons. The Balaban J connectivity index is 3.28. The molecule has 4 nitrogen and oxygen atoms in total. The van der Waals surface area contributed by atoms with Crippen LogP contribution in [-0.2, 0) is 4.74 Å². The number of ether oxygens (including phenoxy) is 1. The molecule has 1 aromatic carbocycles. The average Bonchev–Trinajstić information content (AvgIpc) is 2.15. The second-order valence-electron chi connectivity index (χ2n) is 3.09. The first-order valence-electron chi connectivity index (χ1n) is 4.30. The lowest BCUT2D eigenvalue weighted by molar-refractivity contribution is 0.0599. The summed E-state index contributed by atoms with van der Waals surface area (Å²) in [6.07, 6.45) is 0. The van der Waals surface area contributed by atoms with Crippen LogP contribution in [0.3, 0.4) is 0 Å². The lowest BCUT2D eigenvalue weighted by Gasteiger charge is -2.13. The number of hydrogen-bond acceptors (Lipinski definition) is 4. The Morgan fingerprint density at radius 1 is 1.50 bits per heavy atom. The molecule has 0 fully saturated rings. The quantitative estimate of drug-likeness (QED) is 0.545. The molecule has 0 aliphatic heterocycles. The lowest BCUT2D eigenvalue weighted by atomic mass is 10.00. The minimum Gasteiger partial charge on any atom is -0.465 e. The zero-order chi connectivity index (χ0) is 10.7. The summed E-state index contributed by atoms with van der Waals surface area (Å²) in [7, 11) is 1.33. The molecule has 0 radical (unpaired) electrons. The molecule has 1 rings (SSSR count). The monoisotopic (exact) mass is 194 g/mol. The molecule has 0 saturated heterocycles. The third kappa shape index (κ3) is 1.85. The zero-order valence-electron chi connectivity index (χ0n) is 8.28. The fourth-order valence-electron chi connectivity index (χ4n) is 1.38. The van der Waals surface area contributed by atoms with Gasteiger partial charge in [0, 0.05) is 17.3 Å². The highest BCUT2D eigenvalue weighted by molar-refractivity contribution is 5.92. The summed E-state index contributed by atoms with van der Waals surface area (Å²) in [4.78, 5) is 11.4. The van der Waals surface area contributed by atoms with Gasteiger partial charge in [0.15, 0.2) is 0 Å². The van der Waals surface area contributed by atoms with E-state index >= 15 is 0 Å². The van der Waals surface area contributed by atoms with Crippen LogP contribution in [0.25, 0.3) is 0 Å². The number of nitrogen functional groups attached to an aromatic ring is 1. The Morgan fingerprint density at radius 2 is 2.14 bits per heavy atom. The number of esters is 1. The molecule has 0 saturated carbocycles. The lowest BCUT2D eigenvalue weighted by Crippen LogP contribution is -2.15. The van der Waals surface area contributed by atoms with Crippen molar-refractivity contribution in [2.45, 2.75) is 13.0 Å². The normalized spacial score (nSPS) is 12.2. The van der Waals surface area contributed by atoms with Crippen molar-refractivity contribution in [1.82, 2.24) is 0 Å². The van der Waals surface area contributed by atoms with Crippen molar-refractivity contribution in [3.63, 3.8) is 0 Å². The molecule has 0 unspecified atom stereocenters. The van der Waals surface area contributed by atoms with Gasteiger partial charge in [-0.1, -0.05) is 6.07 Å². The summed E-state index contributed by atoms with van der Waals surface area (Å²) in [6.45, 7) is 1.78. The fraction of sp³-hybridized carbons (Fsp3) is 0.300. The summed E-state index contributed by atoms with van der Waals surface area (Å²) in [5.41, 5.74) is 13.0. The van der Waals surface area contributed by atoms with Crippen molar-refractivity contribution < 1.29 is 9.53 Å². The summed E-state index contributed by atoms with van der Waals surface area (Å²) >= 11 is 0. The predicted molar refractivity (Wildman–Crippen MR) is 54.8 cm³/mol. The molecule has 0 aliphatic carbocycles. The molecule has 0 heterocycles. The van der Waals surface area contributed by atoms with Crippen molar-refractivity contribution in [2.24, 2.45) is 5.73 Å². The van der Waals surface area contributed by atoms with Crippen LogP contribution < -0.4 is 11.5 Å². The first kappa shape index (κ1) is 10.5. The van der Waals surface area contributed by atoms with Crippen LogP contribution in [0.1, 0.15) is 28.9 Å². The Hall–Kier alpha value is -1.55. The second-order valence-corrected chi connectivity index (χ2v) is 3.09. The van der Waals surface area contributed by atoms with Crippen molar-refractivity contribution in [2.75, 3.05) is 12.8 Å². The SMILES string of the molecule is COC(=O)c1cccc(N)c1[C@H](C)N. The summed E-state index contributed by atoms with van der Waals surface area (Å²) < 4.78 is 4.63. The van der Waals surface area contributed by atoms with E-state index in [0.717, 1.165) is 0 Å². The molecule has 1 atom stereocenters. The van der Waals surface area contributed by atoms with Gasteiger partial charge in [-0.3, -0.25) is 0 Å². The molecule has 14 heavy (non-hydrogen) atoms. The van der Waals surface area contributed by atoms with E-state index in [1.807, 2.05) is 0 Å². The van der Waals surface area contributed by atoms with Crippen LogP contribution >= 0.6 is 0 Å². The van der Waals surface area contributed by atoms with Crippen molar-refractivity contribution in [1.29, 1.82) is 0 Å². The van der Waals surface area contributed by atoms with Gasteiger partial charge in [-0.2, -0.15) is 0 Å². The molecule has 4 N–H and O–H groups in total. The van der Waals surface area contributed by atoms with E-state index in [4.69, 9.17) is 11.5 Å². The third-order valence-corrected chi connectivity index (χ3v) is 2.00. The predicted octanol–water partition coefficient (Wildman–Crippen LogP) is 1.08. The Labute approximate surface area is 82.8 Å². The van der Waals surface area contributed by atoms with Crippen LogP contribution in [0.4, 0.5) is 5.69 Å². The Bertz CT molecular complexity index is 348. The number of benzene rings is 1. The number of nitrogens with two attached hydrogens (primary N) is 2. The van der Waals surface area contributed by atoms with Gasteiger partial charge in [-0.05, 0) is 19.1 Å². The van der Waals surface area contributed by atoms with E-state index in [0.29, 0.717) is 16.8 Å². The van der Waals surface area contributed by atoms with Gasteiger partial charge in [-0.15, -0.1) is 0 Å². The minimum absolute atomic E-state index is 0.287. The number of carbonyl (C=O) groups is 1. The Morgan fingerprint density at radius 3 is 2.64 bits per heavy atom. The largest absolute Gasteiger partial charge is 0.465 e. The number of carbonyl (C=O) groups excluding carboxylic acids is 1. The zero-order valence-corrected chi connectivity index (χ0v) is 8.28. The van der Waals surface area contributed by atoms with Crippen molar-refractivity contribution >= 4 is 11.7 Å². The molecule has 0 spiro atoms. The maximum atomic E-state index is 11.4. The maximum absolute atomic E-state index is 11.4. The maximum Gasteiger partial charge on any atom is 0.338 e. The highest BCUT2D eigenvalue weighted by Crippen LogP contribution is 2.23. The highest BCUT2D eigenvalue weighted by atomic mass is 16.5. The van der Waals surface area contributed by atoms with E-state index in [9.17, 15) is 4.79 Å². The van der Waals surface area contributed by atoms with Gasteiger partial charge in [0.2, 0.25) is 0 Å². The number of methoxy groups -OCH3 is 1. The second kappa shape index (κ2) is 4.11. The first-order chi connectivity index (χ1) is 6.57. The molecule has 1 aromatic rings.